The lowest BCUT2D eigenvalue weighted by molar-refractivity contribution is 0.414. The van der Waals surface area contributed by atoms with Crippen molar-refractivity contribution < 1.29 is 9.84 Å². The van der Waals surface area contributed by atoms with Gasteiger partial charge in [0.05, 0.1) is 7.11 Å². The molecule has 0 amide bonds. The fraction of sp³-hybridized carbons (Fsp3) is 0.400. The van der Waals surface area contributed by atoms with E-state index in [1.54, 1.807) is 19.2 Å². The van der Waals surface area contributed by atoms with Crippen LogP contribution in [0.3, 0.4) is 0 Å². The van der Waals surface area contributed by atoms with Gasteiger partial charge in [-0.3, -0.25) is 0 Å². The molecular weight excluding hydrogens is 272 g/mol. The number of aromatic hydroxyl groups is 1. The highest BCUT2D eigenvalue weighted by molar-refractivity contribution is 5.27. The van der Waals surface area contributed by atoms with E-state index in [2.05, 4.69) is 19.1 Å². The Morgan fingerprint density at radius 1 is 0.909 bits per heavy atom. The summed E-state index contributed by atoms with van der Waals surface area (Å²) in [5, 5.41) is 9.30. The van der Waals surface area contributed by atoms with Crippen molar-refractivity contribution in [3.05, 3.63) is 59.7 Å². The highest BCUT2D eigenvalue weighted by Crippen LogP contribution is 2.18. The quantitative estimate of drug-likeness (QED) is 0.695. The van der Waals surface area contributed by atoms with Crippen LogP contribution in [0.15, 0.2) is 48.5 Å². The van der Waals surface area contributed by atoms with Gasteiger partial charge in [-0.15, -0.1) is 0 Å². The Bertz CT molecular complexity index is 543. The zero-order valence-electron chi connectivity index (χ0n) is 13.6. The van der Waals surface area contributed by atoms with Crippen LogP contribution in [0.25, 0.3) is 0 Å². The van der Waals surface area contributed by atoms with Crippen molar-refractivity contribution in [2.75, 3.05) is 7.11 Å². The Kier molecular flexibility index (Phi) is 6.32. The molecule has 0 saturated heterocycles. The number of rotatable bonds is 8. The molecule has 1 unspecified atom stereocenters. The average Bonchev–Trinajstić information content (AvgIpc) is 2.54. The number of unbranched alkanes of at least 4 members (excludes halogenated alkanes) is 1. The Balaban J connectivity index is 1.66. The standard InChI is InChI=1S/C20H26O2/c1-16(15-18-7-11-19(21)12-8-18)5-3-4-6-17-9-13-20(22-2)14-10-17/h7-14,16,21H,3-6,15H2,1-2H3. The molecule has 22 heavy (non-hydrogen) atoms. The molecule has 0 radical (unpaired) electrons. The summed E-state index contributed by atoms with van der Waals surface area (Å²) >= 11 is 0. The van der Waals surface area contributed by atoms with Crippen LogP contribution >= 0.6 is 0 Å². The van der Waals surface area contributed by atoms with Crippen LogP contribution in [0.4, 0.5) is 0 Å². The number of phenols is 1. The van der Waals surface area contributed by atoms with Crippen LogP contribution in [-0.2, 0) is 12.8 Å². The van der Waals surface area contributed by atoms with E-state index >= 15 is 0 Å². The van der Waals surface area contributed by atoms with Crippen LogP contribution in [-0.4, -0.2) is 12.2 Å². The largest absolute Gasteiger partial charge is 0.508 e. The molecule has 0 aliphatic heterocycles. The van der Waals surface area contributed by atoms with Gasteiger partial charge >= 0.3 is 0 Å². The lowest BCUT2D eigenvalue weighted by atomic mass is 9.95. The summed E-state index contributed by atoms with van der Waals surface area (Å²) in [5.41, 5.74) is 2.69. The normalized spacial score (nSPS) is 12.1. The second-order valence-electron chi connectivity index (χ2n) is 6.07. The molecular formula is C20H26O2. The van der Waals surface area contributed by atoms with Crippen molar-refractivity contribution in [1.29, 1.82) is 0 Å². The second kappa shape index (κ2) is 8.47. The molecule has 1 N–H and O–H groups in total. The molecule has 0 aliphatic carbocycles. The lowest BCUT2D eigenvalue weighted by Crippen LogP contribution is -2.00. The summed E-state index contributed by atoms with van der Waals surface area (Å²) in [5.74, 6) is 1.95. The third-order valence-electron chi connectivity index (χ3n) is 4.09. The molecule has 2 heteroatoms. The van der Waals surface area contributed by atoms with Crippen LogP contribution in [0.1, 0.15) is 37.3 Å². The van der Waals surface area contributed by atoms with Gasteiger partial charge in [0.15, 0.2) is 0 Å². The number of methoxy groups -OCH3 is 1. The van der Waals surface area contributed by atoms with Gasteiger partial charge in [-0.25, -0.2) is 0 Å². The first kappa shape index (κ1) is 16.4. The van der Waals surface area contributed by atoms with Crippen LogP contribution in [0.2, 0.25) is 0 Å². The van der Waals surface area contributed by atoms with Gasteiger partial charge in [-0.05, 0) is 60.6 Å². The summed E-state index contributed by atoms with van der Waals surface area (Å²) in [6, 6.07) is 15.9. The van der Waals surface area contributed by atoms with Crippen LogP contribution in [0, 0.1) is 5.92 Å². The topological polar surface area (TPSA) is 29.5 Å². The van der Waals surface area contributed by atoms with Crippen molar-refractivity contribution >= 4 is 0 Å². The number of benzene rings is 2. The Morgan fingerprint density at radius 3 is 2.18 bits per heavy atom. The van der Waals surface area contributed by atoms with Gasteiger partial charge in [0.1, 0.15) is 11.5 Å². The summed E-state index contributed by atoms with van der Waals surface area (Å²) in [6.45, 7) is 2.31. The third kappa shape index (κ3) is 5.44. The van der Waals surface area contributed by atoms with E-state index in [0.29, 0.717) is 11.7 Å². The molecule has 0 aromatic heterocycles. The van der Waals surface area contributed by atoms with Gasteiger partial charge in [0.25, 0.3) is 0 Å². The number of hydrogen-bond donors (Lipinski definition) is 1. The molecule has 2 nitrogen and oxygen atoms in total. The maximum atomic E-state index is 9.30. The van der Waals surface area contributed by atoms with Crippen molar-refractivity contribution in [2.45, 2.75) is 39.0 Å². The zero-order chi connectivity index (χ0) is 15.8. The number of phenolic OH excluding ortho intramolecular Hbond substituents is 1. The van der Waals surface area contributed by atoms with Crippen molar-refractivity contribution in [3.63, 3.8) is 0 Å². The summed E-state index contributed by atoms with van der Waals surface area (Å²) in [4.78, 5) is 0. The van der Waals surface area contributed by atoms with E-state index < -0.39 is 0 Å². The molecule has 0 saturated carbocycles. The molecule has 0 heterocycles. The predicted octanol–water partition coefficient (Wildman–Crippen LogP) is 4.99. The van der Waals surface area contributed by atoms with E-state index in [1.807, 2.05) is 24.3 Å². The molecule has 0 spiro atoms. The van der Waals surface area contributed by atoms with Crippen molar-refractivity contribution in [2.24, 2.45) is 5.92 Å². The maximum Gasteiger partial charge on any atom is 0.118 e. The van der Waals surface area contributed by atoms with Crippen molar-refractivity contribution in [3.8, 4) is 11.5 Å². The molecule has 2 aromatic rings. The average molecular weight is 298 g/mol. The van der Waals surface area contributed by atoms with Crippen LogP contribution in [0.5, 0.6) is 11.5 Å². The Morgan fingerprint density at radius 2 is 1.55 bits per heavy atom. The zero-order valence-corrected chi connectivity index (χ0v) is 13.6. The minimum atomic E-state index is 0.343. The fourth-order valence-electron chi connectivity index (χ4n) is 2.75. The monoisotopic (exact) mass is 298 g/mol. The molecule has 0 fully saturated rings. The highest BCUT2D eigenvalue weighted by atomic mass is 16.5. The summed E-state index contributed by atoms with van der Waals surface area (Å²) in [7, 11) is 1.70. The fourth-order valence-corrected chi connectivity index (χ4v) is 2.75. The smallest absolute Gasteiger partial charge is 0.118 e. The summed E-state index contributed by atoms with van der Waals surface area (Å²) < 4.78 is 5.17. The van der Waals surface area contributed by atoms with E-state index in [1.165, 1.54) is 30.4 Å². The van der Waals surface area contributed by atoms with Crippen molar-refractivity contribution in [1.82, 2.24) is 0 Å². The molecule has 0 aliphatic rings. The van der Waals surface area contributed by atoms with Gasteiger partial charge in [-0.1, -0.05) is 44.0 Å². The SMILES string of the molecule is COc1ccc(CCCCC(C)Cc2ccc(O)cc2)cc1. The minimum Gasteiger partial charge on any atom is -0.508 e. The van der Waals surface area contributed by atoms with Gasteiger partial charge in [-0.2, -0.15) is 0 Å². The molecule has 2 rings (SSSR count). The third-order valence-corrected chi connectivity index (χ3v) is 4.09. The van der Waals surface area contributed by atoms with E-state index in [9.17, 15) is 5.11 Å². The maximum absolute atomic E-state index is 9.30. The first-order chi connectivity index (χ1) is 10.7. The van der Waals surface area contributed by atoms with E-state index in [0.717, 1.165) is 18.6 Å². The van der Waals surface area contributed by atoms with Gasteiger partial charge in [0, 0.05) is 0 Å². The molecule has 1 atom stereocenters. The number of hydrogen-bond acceptors (Lipinski definition) is 2. The molecule has 118 valence electrons. The lowest BCUT2D eigenvalue weighted by Gasteiger charge is -2.11. The predicted molar refractivity (Wildman–Crippen MR) is 91.5 cm³/mol. The first-order valence-electron chi connectivity index (χ1n) is 8.08. The molecule has 0 bridgehead atoms. The Labute approximate surface area is 133 Å². The van der Waals surface area contributed by atoms with Gasteiger partial charge < -0.3 is 9.84 Å². The highest BCUT2D eigenvalue weighted by Gasteiger charge is 2.04. The summed E-state index contributed by atoms with van der Waals surface area (Å²) in [6.07, 6.45) is 5.95. The Hall–Kier alpha value is -1.96. The second-order valence-corrected chi connectivity index (χ2v) is 6.07. The van der Waals surface area contributed by atoms with Gasteiger partial charge in [0.2, 0.25) is 0 Å². The van der Waals surface area contributed by atoms with E-state index in [-0.39, 0.29) is 0 Å². The van der Waals surface area contributed by atoms with E-state index in [4.69, 9.17) is 4.74 Å². The number of ether oxygens (including phenoxy) is 1. The minimum absolute atomic E-state index is 0.343. The molecule has 2 aromatic carbocycles. The van der Waals surface area contributed by atoms with Crippen LogP contribution < -0.4 is 4.74 Å². The first-order valence-corrected chi connectivity index (χ1v) is 8.08. The number of aryl methyl sites for hydroxylation is 1.